The van der Waals surface area contributed by atoms with E-state index in [0.717, 1.165) is 57.7 Å². The van der Waals surface area contributed by atoms with Crippen LogP contribution >= 0.6 is 0 Å². The molecule has 2 aromatic heterocycles. The minimum atomic E-state index is -4.60. The fourth-order valence-electron chi connectivity index (χ4n) is 4.94. The van der Waals surface area contributed by atoms with Crippen molar-refractivity contribution < 1.29 is 21.6 Å². The van der Waals surface area contributed by atoms with E-state index >= 15 is 0 Å². The number of nitrogens with zero attached hydrogens (tertiary/aromatic N) is 6. The zero-order valence-electron chi connectivity index (χ0n) is 23.0. The number of alkyl halides is 3. The first-order chi connectivity index (χ1) is 20.5. The van der Waals surface area contributed by atoms with Crippen LogP contribution in [0.2, 0.25) is 0 Å². The lowest BCUT2D eigenvalue weighted by atomic mass is 9.98. The lowest BCUT2D eigenvalue weighted by Crippen LogP contribution is -2.18. The summed E-state index contributed by atoms with van der Waals surface area (Å²) in [6.07, 6.45) is 1.43. The van der Waals surface area contributed by atoms with Crippen LogP contribution < -0.4 is 15.7 Å². The van der Waals surface area contributed by atoms with Gasteiger partial charge in [0.1, 0.15) is 17.4 Å². The topological polar surface area (TPSA) is 127 Å². The molecule has 0 saturated carbocycles. The highest BCUT2D eigenvalue weighted by Crippen LogP contribution is 2.39. The van der Waals surface area contributed by atoms with Crippen LogP contribution in [0.4, 0.5) is 30.4 Å². The summed E-state index contributed by atoms with van der Waals surface area (Å²) in [5.74, 6) is 0.799. The van der Waals surface area contributed by atoms with E-state index in [1.54, 1.807) is 42.9 Å². The minimum Gasteiger partial charge on any atom is -0.369 e. The van der Waals surface area contributed by atoms with Crippen molar-refractivity contribution in [1.29, 1.82) is 0 Å². The Kier molecular flexibility index (Phi) is 7.08. The third-order valence-electron chi connectivity index (χ3n) is 6.99. The van der Waals surface area contributed by atoms with Gasteiger partial charge in [-0.25, -0.2) is 18.4 Å². The molecular formula is C29H25F3N8O2S. The number of sulfonamides is 1. The van der Waals surface area contributed by atoms with Gasteiger partial charge < -0.3 is 9.88 Å². The molecule has 0 fully saturated rings. The molecule has 0 saturated heterocycles. The van der Waals surface area contributed by atoms with Crippen molar-refractivity contribution in [2.75, 3.05) is 16.6 Å². The van der Waals surface area contributed by atoms with E-state index < -0.39 is 27.5 Å². The van der Waals surface area contributed by atoms with Crippen molar-refractivity contribution in [2.24, 2.45) is 4.99 Å². The fourth-order valence-corrected chi connectivity index (χ4v) is 6.04. The molecule has 2 N–H and O–H groups in total. The van der Waals surface area contributed by atoms with E-state index in [-0.39, 0.29) is 11.4 Å². The first-order valence-corrected chi connectivity index (χ1v) is 14.9. The zero-order valence-corrected chi connectivity index (χ0v) is 23.8. The molecule has 1 aromatic carbocycles. The number of hydrogen-bond acceptors (Lipinski definition) is 8. The molecule has 0 atom stereocenters. The van der Waals surface area contributed by atoms with Crippen LogP contribution in [0.3, 0.4) is 0 Å². The Labute approximate surface area is 244 Å². The lowest BCUT2D eigenvalue weighted by Gasteiger charge is -2.19. The molecule has 220 valence electrons. The Hall–Kier alpha value is -4.85. The number of pyridine rings is 3. The molecule has 14 heteroatoms. The molecular weight excluding hydrogens is 581 g/mol. The highest BCUT2D eigenvalue weighted by atomic mass is 32.2. The molecule has 10 nitrogen and oxygen atoms in total. The Morgan fingerprint density at radius 2 is 1.84 bits per heavy atom. The van der Waals surface area contributed by atoms with Crippen LogP contribution in [0, 0.1) is 13.8 Å². The van der Waals surface area contributed by atoms with E-state index in [2.05, 4.69) is 30.0 Å². The van der Waals surface area contributed by atoms with Gasteiger partial charge in [-0.1, -0.05) is 6.07 Å². The number of benzene rings is 1. The van der Waals surface area contributed by atoms with Gasteiger partial charge in [-0.05, 0) is 66.9 Å². The molecule has 0 spiro atoms. The first-order valence-electron chi connectivity index (χ1n) is 13.2. The number of hydrogen-bond donors (Lipinski definition) is 2. The van der Waals surface area contributed by atoms with Crippen molar-refractivity contribution in [3.8, 4) is 22.5 Å². The van der Waals surface area contributed by atoms with Gasteiger partial charge in [0.15, 0.2) is 0 Å². The first kappa shape index (κ1) is 28.3. The van der Waals surface area contributed by atoms with Crippen LogP contribution in [0.15, 0.2) is 72.2 Å². The zero-order chi connectivity index (χ0) is 30.4. The molecule has 3 aliphatic rings. The van der Waals surface area contributed by atoms with Crippen LogP contribution in [0.5, 0.6) is 0 Å². The second kappa shape index (κ2) is 10.8. The molecule has 0 aliphatic carbocycles. The summed E-state index contributed by atoms with van der Waals surface area (Å²) in [5.41, 5.74) is 4.28. The van der Waals surface area contributed by atoms with E-state index in [0.29, 0.717) is 24.5 Å². The van der Waals surface area contributed by atoms with Crippen LogP contribution in [0.25, 0.3) is 22.5 Å². The van der Waals surface area contributed by atoms with Crippen molar-refractivity contribution in [1.82, 2.24) is 24.5 Å². The van der Waals surface area contributed by atoms with Crippen molar-refractivity contribution in [3.63, 3.8) is 0 Å². The number of aromatic nitrogens is 5. The Balaban J connectivity index is 1.35. The number of aryl methyl sites for hydroxylation is 2. The largest absolute Gasteiger partial charge is 0.416 e. The van der Waals surface area contributed by atoms with E-state index in [1.165, 1.54) is 0 Å². The average Bonchev–Trinajstić information content (AvgIpc) is 3.45. The monoisotopic (exact) mass is 606 g/mol. The SMILES string of the molecule is Cc1cnccc1N=c1ncc2cc(-c3cc(NS(=O)(=O)Cc4cc(C(F)(F)F)ccn4)ccc3C)c3n(c-2n1)CCN3. The second-order valence-corrected chi connectivity index (χ2v) is 11.9. The van der Waals surface area contributed by atoms with Gasteiger partial charge in [0.05, 0.1) is 16.9 Å². The minimum absolute atomic E-state index is 0.215. The van der Waals surface area contributed by atoms with Crippen molar-refractivity contribution in [2.45, 2.75) is 32.3 Å². The normalized spacial score (nSPS) is 13.7. The van der Waals surface area contributed by atoms with Gasteiger partial charge in [-0.2, -0.15) is 18.2 Å². The summed E-state index contributed by atoms with van der Waals surface area (Å²) in [6, 6.07) is 10.4. The fraction of sp³-hybridized carbons (Fsp3) is 0.207. The third-order valence-corrected chi connectivity index (χ3v) is 8.21. The Morgan fingerprint density at radius 1 is 1.00 bits per heavy atom. The molecule has 0 unspecified atom stereocenters. The molecule has 5 heterocycles. The summed E-state index contributed by atoms with van der Waals surface area (Å²) in [5, 5.41) is 3.41. The van der Waals surface area contributed by atoms with E-state index in [4.69, 9.17) is 4.98 Å². The summed E-state index contributed by atoms with van der Waals surface area (Å²) >= 11 is 0. The van der Waals surface area contributed by atoms with Gasteiger partial charge in [0, 0.05) is 54.7 Å². The molecule has 43 heavy (non-hydrogen) atoms. The highest BCUT2D eigenvalue weighted by Gasteiger charge is 2.31. The second-order valence-electron chi connectivity index (χ2n) is 10.1. The van der Waals surface area contributed by atoms with E-state index in [1.807, 2.05) is 24.5 Å². The highest BCUT2D eigenvalue weighted by molar-refractivity contribution is 7.91. The maximum absolute atomic E-state index is 13.1. The van der Waals surface area contributed by atoms with Gasteiger partial charge in [0.2, 0.25) is 10.0 Å². The van der Waals surface area contributed by atoms with Crippen molar-refractivity contribution >= 4 is 27.2 Å². The van der Waals surface area contributed by atoms with Crippen LogP contribution in [0.1, 0.15) is 22.4 Å². The summed E-state index contributed by atoms with van der Waals surface area (Å²) in [6.45, 7) is 5.14. The molecule has 3 aliphatic heterocycles. The summed E-state index contributed by atoms with van der Waals surface area (Å²) in [7, 11) is -4.08. The molecule has 0 amide bonds. The van der Waals surface area contributed by atoms with Gasteiger partial charge in [-0.3, -0.25) is 14.7 Å². The number of rotatable bonds is 6. The molecule has 6 rings (SSSR count). The average molecular weight is 607 g/mol. The standard InChI is InChI=1S/C29H25F3N8O2S/c1-17-3-4-21(39-43(41,42)16-22-12-20(5-8-34-22)29(30,31)32)13-23(17)24-11-19-15-36-28(37-25-6-7-33-14-18(25)2)38-26(19)40-10-9-35-27(24)40/h3-8,11-15,35,39H,9-10,16H2,1-2H3. The third kappa shape index (κ3) is 5.91. The van der Waals surface area contributed by atoms with Crippen LogP contribution in [-0.2, 0) is 28.5 Å². The number of halogens is 3. The Bertz CT molecular complexity index is 2010. The quantitative estimate of drug-likeness (QED) is 0.276. The van der Waals surface area contributed by atoms with Gasteiger partial charge in [0.25, 0.3) is 5.62 Å². The van der Waals surface area contributed by atoms with E-state index in [9.17, 15) is 21.6 Å². The summed E-state index contributed by atoms with van der Waals surface area (Å²) in [4.78, 5) is 21.7. The Morgan fingerprint density at radius 3 is 2.63 bits per heavy atom. The van der Waals surface area contributed by atoms with Crippen LogP contribution in [-0.4, -0.2) is 39.5 Å². The maximum atomic E-state index is 13.1. The predicted octanol–water partition coefficient (Wildman–Crippen LogP) is 5.08. The van der Waals surface area contributed by atoms with Gasteiger partial charge >= 0.3 is 6.18 Å². The van der Waals surface area contributed by atoms with Crippen molar-refractivity contribution in [3.05, 3.63) is 95.3 Å². The smallest absolute Gasteiger partial charge is 0.369 e. The maximum Gasteiger partial charge on any atom is 0.416 e. The molecule has 0 bridgehead atoms. The summed E-state index contributed by atoms with van der Waals surface area (Å²) < 4.78 is 69.7. The van der Waals surface area contributed by atoms with Gasteiger partial charge in [-0.15, -0.1) is 0 Å². The molecule has 0 radical (unpaired) electrons. The number of fused-ring (bicyclic) bond motifs is 3. The molecule has 3 aromatic rings. The number of anilines is 2. The number of nitrogens with one attached hydrogen (secondary N) is 2. The lowest BCUT2D eigenvalue weighted by molar-refractivity contribution is -0.137. The predicted molar refractivity (Wildman–Crippen MR) is 155 cm³/mol.